The Balaban J connectivity index is 2.08. The van der Waals surface area contributed by atoms with Gasteiger partial charge in [0, 0.05) is 16.8 Å². The molecular weight excluding hydrogens is 407 g/mol. The number of aromatic hydroxyl groups is 1. The molecule has 32 heavy (non-hydrogen) atoms. The van der Waals surface area contributed by atoms with Crippen LogP contribution in [-0.4, -0.2) is 26.7 Å². The number of aryl methyl sites for hydroxylation is 2. The Labute approximate surface area is 188 Å². The number of phenolic OH excluding ortho intramolecular Hbond substituents is 1. The second-order valence-corrected chi connectivity index (χ2v) is 8.05. The van der Waals surface area contributed by atoms with Gasteiger partial charge in [-0.2, -0.15) is 0 Å². The van der Waals surface area contributed by atoms with Gasteiger partial charge in [-0.3, -0.25) is 4.79 Å². The summed E-state index contributed by atoms with van der Waals surface area (Å²) >= 11 is 0. The molecule has 0 aliphatic rings. The zero-order valence-electron chi connectivity index (χ0n) is 19.3. The maximum absolute atomic E-state index is 14.0. The molecule has 3 rings (SSSR count). The second-order valence-electron chi connectivity index (χ2n) is 8.05. The van der Waals surface area contributed by atoms with E-state index in [2.05, 4.69) is 22.1 Å². The van der Waals surface area contributed by atoms with E-state index < -0.39 is 23.3 Å². The Kier molecular flexibility index (Phi) is 6.20. The highest BCUT2D eigenvalue weighted by atomic mass is 19.1. The minimum absolute atomic E-state index is 0.00493. The maximum Gasteiger partial charge on any atom is 0.270 e. The number of amides is 1. The minimum Gasteiger partial charge on any atom is -0.508 e. The first kappa shape index (κ1) is 21.5. The monoisotopic (exact) mass is 433 g/mol. The molecule has 3 N–H and O–H groups in total. The smallest absolute Gasteiger partial charge is 0.270 e. The predicted molar refractivity (Wildman–Crippen MR) is 121 cm³/mol. The molecule has 0 bridgehead atoms. The van der Waals surface area contributed by atoms with Crippen LogP contribution in [0.1, 0.15) is 59.7 Å². The summed E-state index contributed by atoms with van der Waals surface area (Å²) in [6.45, 7) is 6.66. The number of hydrogen-bond donors (Lipinski definition) is 3. The van der Waals surface area contributed by atoms with E-state index >= 15 is 0 Å². The summed E-state index contributed by atoms with van der Waals surface area (Å²) < 4.78 is 23.2. The molecule has 1 amide bonds. The van der Waals surface area contributed by atoms with Gasteiger partial charge in [-0.15, -0.1) is 0 Å². The molecule has 0 saturated heterocycles. The molecule has 3 aromatic rings. The van der Waals surface area contributed by atoms with Gasteiger partial charge >= 0.3 is 0 Å². The van der Waals surface area contributed by atoms with Crippen LogP contribution in [0.15, 0.2) is 54.6 Å². The Morgan fingerprint density at radius 1 is 1.16 bits per heavy atom. The van der Waals surface area contributed by atoms with Crippen LogP contribution in [0, 0.1) is 31.5 Å². The minimum atomic E-state index is -2.00. The van der Waals surface area contributed by atoms with Crippen LogP contribution >= 0.6 is 0 Å². The van der Waals surface area contributed by atoms with Gasteiger partial charge in [-0.25, -0.2) is 9.37 Å². The number of nitrogens with one attached hydrogen (secondary N) is 1. The fourth-order valence-corrected chi connectivity index (χ4v) is 2.98. The first-order valence-electron chi connectivity index (χ1n) is 10.5. The molecule has 5 nitrogen and oxygen atoms in total. The van der Waals surface area contributed by atoms with Gasteiger partial charge in [0.2, 0.25) is 0 Å². The molecule has 6 heteroatoms. The third-order valence-electron chi connectivity index (χ3n) is 4.51. The van der Waals surface area contributed by atoms with E-state index in [9.17, 15) is 19.4 Å². The van der Waals surface area contributed by atoms with Crippen molar-refractivity contribution in [3.8, 4) is 17.6 Å². The van der Waals surface area contributed by atoms with Crippen molar-refractivity contribution in [2.24, 2.45) is 0 Å². The SMILES string of the molecule is [2H]C(NC(=O)c1cc(C#CC(C)(C)O)cc(C)n1)(c1ccc(C)cc1)c1cc(F)ccc1O. The van der Waals surface area contributed by atoms with E-state index in [-0.39, 0.29) is 17.0 Å². The molecular formula is C26H25FN2O3. The van der Waals surface area contributed by atoms with Gasteiger partial charge in [-0.05, 0) is 63.6 Å². The molecule has 0 fully saturated rings. The predicted octanol–water partition coefficient (Wildman–Crippen LogP) is 4.18. The summed E-state index contributed by atoms with van der Waals surface area (Å²) in [5.74, 6) is 3.81. The Morgan fingerprint density at radius 3 is 2.50 bits per heavy atom. The number of hydrogen-bond acceptors (Lipinski definition) is 4. The third kappa shape index (κ3) is 5.93. The largest absolute Gasteiger partial charge is 0.508 e. The number of carbonyl (C=O) groups is 1. The average Bonchev–Trinajstić information content (AvgIpc) is 2.73. The first-order chi connectivity index (χ1) is 15.4. The van der Waals surface area contributed by atoms with Gasteiger partial charge in [-0.1, -0.05) is 41.7 Å². The molecule has 0 saturated carbocycles. The summed E-state index contributed by atoms with van der Waals surface area (Å²) in [6.07, 6.45) is 0. The number of aliphatic hydroxyl groups is 1. The second kappa shape index (κ2) is 9.21. The van der Waals surface area contributed by atoms with Crippen molar-refractivity contribution >= 4 is 5.91 Å². The zero-order chi connectivity index (χ0) is 24.4. The lowest BCUT2D eigenvalue weighted by atomic mass is 9.96. The van der Waals surface area contributed by atoms with Crippen LogP contribution in [0.5, 0.6) is 5.75 Å². The number of benzene rings is 2. The zero-order valence-corrected chi connectivity index (χ0v) is 18.3. The van der Waals surface area contributed by atoms with Crippen molar-refractivity contribution in [2.45, 2.75) is 39.3 Å². The molecule has 1 unspecified atom stereocenters. The van der Waals surface area contributed by atoms with Crippen LogP contribution in [0.2, 0.25) is 0 Å². The fraction of sp³-hybridized carbons (Fsp3) is 0.231. The highest BCUT2D eigenvalue weighted by Gasteiger charge is 2.22. The van der Waals surface area contributed by atoms with Crippen LogP contribution in [-0.2, 0) is 0 Å². The standard InChI is InChI=1S/C26H25FN2O3/c1-16-5-7-19(8-6-16)24(21-15-20(27)9-10-23(21)30)29-25(31)22-14-18(13-17(2)28-22)11-12-26(3,4)32/h5-10,13-15,24,30,32H,1-4H3,(H,29,31)/i24D. The van der Waals surface area contributed by atoms with E-state index in [1.165, 1.54) is 6.07 Å². The summed E-state index contributed by atoms with van der Waals surface area (Å²) in [6, 6.07) is 11.1. The highest BCUT2D eigenvalue weighted by Crippen LogP contribution is 2.30. The topological polar surface area (TPSA) is 82.5 Å². The Hall–Kier alpha value is -3.69. The Morgan fingerprint density at radius 2 is 1.84 bits per heavy atom. The van der Waals surface area contributed by atoms with Crippen LogP contribution in [0.3, 0.4) is 0 Å². The number of carbonyl (C=O) groups excluding carboxylic acids is 1. The summed E-state index contributed by atoms with van der Waals surface area (Å²) in [7, 11) is 0. The number of rotatable bonds is 4. The third-order valence-corrected chi connectivity index (χ3v) is 4.51. The summed E-state index contributed by atoms with van der Waals surface area (Å²) in [5.41, 5.74) is 0.917. The number of pyridine rings is 1. The van der Waals surface area contributed by atoms with Gasteiger partial charge < -0.3 is 15.5 Å². The van der Waals surface area contributed by atoms with E-state index in [0.29, 0.717) is 16.8 Å². The molecule has 1 aromatic heterocycles. The van der Waals surface area contributed by atoms with Crippen molar-refractivity contribution in [3.05, 3.63) is 94.1 Å². The molecule has 164 valence electrons. The molecule has 0 spiro atoms. The van der Waals surface area contributed by atoms with E-state index in [1.807, 2.05) is 6.92 Å². The van der Waals surface area contributed by atoms with Gasteiger partial charge in [0.15, 0.2) is 0 Å². The lowest BCUT2D eigenvalue weighted by Gasteiger charge is -2.21. The maximum atomic E-state index is 14.0. The Bertz CT molecular complexity index is 1260. The van der Waals surface area contributed by atoms with Gasteiger partial charge in [0.25, 0.3) is 5.91 Å². The quantitative estimate of drug-likeness (QED) is 0.539. The highest BCUT2D eigenvalue weighted by molar-refractivity contribution is 5.93. The van der Waals surface area contributed by atoms with Crippen molar-refractivity contribution in [1.82, 2.24) is 10.3 Å². The fourth-order valence-electron chi connectivity index (χ4n) is 2.98. The molecule has 1 heterocycles. The number of aromatic nitrogens is 1. The van der Waals surface area contributed by atoms with Gasteiger partial charge in [0.1, 0.15) is 22.9 Å². The number of nitrogens with zero attached hydrogens (tertiary/aromatic N) is 1. The van der Waals surface area contributed by atoms with Gasteiger partial charge in [0.05, 0.1) is 7.39 Å². The molecule has 2 aromatic carbocycles. The van der Waals surface area contributed by atoms with E-state index in [1.54, 1.807) is 51.1 Å². The molecule has 0 aliphatic heterocycles. The van der Waals surface area contributed by atoms with Crippen molar-refractivity contribution in [3.63, 3.8) is 0 Å². The lowest BCUT2D eigenvalue weighted by molar-refractivity contribution is 0.0937. The van der Waals surface area contributed by atoms with E-state index in [0.717, 1.165) is 23.8 Å². The van der Waals surface area contributed by atoms with E-state index in [4.69, 9.17) is 1.37 Å². The first-order valence-corrected chi connectivity index (χ1v) is 10.0. The number of phenols is 1. The lowest BCUT2D eigenvalue weighted by Crippen LogP contribution is -2.30. The van der Waals surface area contributed by atoms with Crippen molar-refractivity contribution in [1.29, 1.82) is 0 Å². The van der Waals surface area contributed by atoms with Crippen LogP contribution < -0.4 is 5.32 Å². The summed E-state index contributed by atoms with van der Waals surface area (Å²) in [4.78, 5) is 17.5. The van der Waals surface area contributed by atoms with Crippen molar-refractivity contribution in [2.75, 3.05) is 0 Å². The average molecular weight is 434 g/mol. The van der Waals surface area contributed by atoms with Crippen LogP contribution in [0.25, 0.3) is 0 Å². The molecule has 0 aliphatic carbocycles. The molecule has 0 radical (unpaired) electrons. The van der Waals surface area contributed by atoms with Crippen LogP contribution in [0.4, 0.5) is 4.39 Å². The van der Waals surface area contributed by atoms with Crippen molar-refractivity contribution < 1.29 is 20.8 Å². The normalized spacial score (nSPS) is 13.4. The summed E-state index contributed by atoms with van der Waals surface area (Å²) in [5, 5.41) is 22.9. The number of halogens is 1. The molecule has 1 atom stereocenters.